The van der Waals surface area contributed by atoms with Gasteiger partial charge in [-0.1, -0.05) is 6.92 Å². The fourth-order valence-corrected chi connectivity index (χ4v) is 1.33. The summed E-state index contributed by atoms with van der Waals surface area (Å²) in [6.45, 7) is 2.09. The van der Waals surface area contributed by atoms with Crippen LogP contribution in [0.3, 0.4) is 0 Å². The Morgan fingerprint density at radius 3 is 2.82 bits per heavy atom. The zero-order valence-electron chi connectivity index (χ0n) is 6.75. The highest BCUT2D eigenvalue weighted by Crippen LogP contribution is 2.04. The van der Waals surface area contributed by atoms with E-state index < -0.39 is 12.0 Å². The van der Waals surface area contributed by atoms with Gasteiger partial charge in [-0.05, 0) is 24.3 Å². The smallest absolute Gasteiger partial charge is 0.320 e. The number of thioether (sulfide) groups is 1. The zero-order valence-corrected chi connectivity index (χ0v) is 7.56. The first-order valence-electron chi connectivity index (χ1n) is 3.74. The van der Waals surface area contributed by atoms with Crippen LogP contribution in [0.1, 0.15) is 19.8 Å². The molecule has 0 saturated heterocycles. The lowest BCUT2D eigenvalue weighted by molar-refractivity contribution is -0.138. The predicted octanol–water partition coefficient (Wildman–Crippen LogP) is 0.932. The van der Waals surface area contributed by atoms with Gasteiger partial charge in [0.15, 0.2) is 0 Å². The molecule has 11 heavy (non-hydrogen) atoms. The number of rotatable bonds is 6. The number of hydrogen-bond acceptors (Lipinski definition) is 3. The summed E-state index contributed by atoms with van der Waals surface area (Å²) in [7, 11) is 0. The second-order valence-corrected chi connectivity index (χ2v) is 3.68. The van der Waals surface area contributed by atoms with Crippen molar-refractivity contribution in [3.63, 3.8) is 0 Å². The average Bonchev–Trinajstić information content (AvgIpc) is 1.97. The zero-order chi connectivity index (χ0) is 8.69. The van der Waals surface area contributed by atoms with Crippen LogP contribution in [0.15, 0.2) is 0 Å². The fourth-order valence-electron chi connectivity index (χ4n) is 0.673. The maximum atomic E-state index is 10.2. The number of carboxylic acids is 1. The summed E-state index contributed by atoms with van der Waals surface area (Å²) >= 11 is 1.81. The molecule has 0 bridgehead atoms. The molecule has 4 heteroatoms. The molecule has 0 spiro atoms. The highest BCUT2D eigenvalue weighted by atomic mass is 32.2. The molecule has 66 valence electrons. The van der Waals surface area contributed by atoms with Gasteiger partial charge in [0.25, 0.3) is 0 Å². The molecule has 0 aromatic rings. The van der Waals surface area contributed by atoms with Gasteiger partial charge >= 0.3 is 5.97 Å². The highest BCUT2D eigenvalue weighted by molar-refractivity contribution is 7.99. The SMILES string of the molecule is CCSCCCC(N)C(=O)O. The van der Waals surface area contributed by atoms with Gasteiger partial charge < -0.3 is 10.8 Å². The largest absolute Gasteiger partial charge is 0.480 e. The lowest BCUT2D eigenvalue weighted by atomic mass is 10.2. The van der Waals surface area contributed by atoms with Crippen molar-refractivity contribution in [2.75, 3.05) is 11.5 Å². The number of carbonyl (C=O) groups is 1. The van der Waals surface area contributed by atoms with Crippen molar-refractivity contribution in [1.82, 2.24) is 0 Å². The van der Waals surface area contributed by atoms with Crippen molar-refractivity contribution in [3.8, 4) is 0 Å². The molecule has 0 fully saturated rings. The van der Waals surface area contributed by atoms with Crippen molar-refractivity contribution in [2.24, 2.45) is 5.73 Å². The third kappa shape index (κ3) is 6.19. The van der Waals surface area contributed by atoms with E-state index in [4.69, 9.17) is 10.8 Å². The summed E-state index contributed by atoms with van der Waals surface area (Å²) in [6, 6.07) is -0.674. The Morgan fingerprint density at radius 1 is 1.73 bits per heavy atom. The third-order valence-electron chi connectivity index (χ3n) is 1.33. The number of carboxylic acid groups (broad SMARTS) is 1. The lowest BCUT2D eigenvalue weighted by Crippen LogP contribution is -2.29. The molecule has 0 saturated carbocycles. The fraction of sp³-hybridized carbons (Fsp3) is 0.857. The van der Waals surface area contributed by atoms with Crippen molar-refractivity contribution >= 4 is 17.7 Å². The van der Waals surface area contributed by atoms with Crippen LogP contribution in [0.2, 0.25) is 0 Å². The first-order chi connectivity index (χ1) is 5.18. The lowest BCUT2D eigenvalue weighted by Gasteiger charge is -2.04. The van der Waals surface area contributed by atoms with Crippen LogP contribution in [-0.2, 0) is 4.79 Å². The van der Waals surface area contributed by atoms with Gasteiger partial charge in [0.05, 0.1) is 0 Å². The molecule has 0 amide bonds. The molecule has 1 unspecified atom stereocenters. The standard InChI is InChI=1S/C7H15NO2S/c1-2-11-5-3-4-6(8)7(9)10/h6H,2-5,8H2,1H3,(H,9,10). The van der Waals surface area contributed by atoms with E-state index in [1.54, 1.807) is 0 Å². The second-order valence-electron chi connectivity index (χ2n) is 2.28. The Morgan fingerprint density at radius 2 is 2.36 bits per heavy atom. The van der Waals surface area contributed by atoms with E-state index in [0.717, 1.165) is 17.9 Å². The quantitative estimate of drug-likeness (QED) is 0.592. The Labute approximate surface area is 71.3 Å². The molecule has 0 aliphatic heterocycles. The van der Waals surface area contributed by atoms with Crippen LogP contribution >= 0.6 is 11.8 Å². The van der Waals surface area contributed by atoms with E-state index in [-0.39, 0.29) is 0 Å². The summed E-state index contributed by atoms with van der Waals surface area (Å²) in [6.07, 6.45) is 1.48. The van der Waals surface area contributed by atoms with Gasteiger partial charge in [-0.2, -0.15) is 11.8 Å². The first kappa shape index (κ1) is 10.8. The Balaban J connectivity index is 3.17. The maximum Gasteiger partial charge on any atom is 0.320 e. The molecular weight excluding hydrogens is 162 g/mol. The summed E-state index contributed by atoms with van der Waals surface area (Å²) in [5.41, 5.74) is 5.29. The van der Waals surface area contributed by atoms with E-state index in [0.29, 0.717) is 6.42 Å². The topological polar surface area (TPSA) is 63.3 Å². The van der Waals surface area contributed by atoms with E-state index in [2.05, 4.69) is 6.92 Å². The molecule has 0 aliphatic carbocycles. The molecule has 1 atom stereocenters. The third-order valence-corrected chi connectivity index (χ3v) is 2.31. The summed E-state index contributed by atoms with van der Waals surface area (Å²) in [5.74, 6) is 1.20. The summed E-state index contributed by atoms with van der Waals surface area (Å²) in [4.78, 5) is 10.2. The Hall–Kier alpha value is -0.220. The van der Waals surface area contributed by atoms with Crippen molar-refractivity contribution in [3.05, 3.63) is 0 Å². The molecule has 3 nitrogen and oxygen atoms in total. The summed E-state index contributed by atoms with van der Waals surface area (Å²) < 4.78 is 0. The van der Waals surface area contributed by atoms with E-state index in [1.807, 2.05) is 11.8 Å². The molecular formula is C7H15NO2S. The second kappa shape index (κ2) is 6.49. The first-order valence-corrected chi connectivity index (χ1v) is 4.90. The number of hydrogen-bond donors (Lipinski definition) is 2. The number of aliphatic carboxylic acids is 1. The van der Waals surface area contributed by atoms with Gasteiger partial charge in [-0.15, -0.1) is 0 Å². The Bertz CT molecular complexity index is 119. The van der Waals surface area contributed by atoms with Crippen LogP contribution in [0.25, 0.3) is 0 Å². The highest BCUT2D eigenvalue weighted by Gasteiger charge is 2.09. The van der Waals surface area contributed by atoms with Crippen LogP contribution in [-0.4, -0.2) is 28.6 Å². The molecule has 3 N–H and O–H groups in total. The van der Waals surface area contributed by atoms with Crippen LogP contribution in [0.5, 0.6) is 0 Å². The van der Waals surface area contributed by atoms with Gasteiger partial charge in [-0.25, -0.2) is 0 Å². The Kier molecular flexibility index (Phi) is 6.36. The van der Waals surface area contributed by atoms with E-state index in [9.17, 15) is 4.79 Å². The molecule has 0 aromatic heterocycles. The van der Waals surface area contributed by atoms with Crippen LogP contribution in [0.4, 0.5) is 0 Å². The van der Waals surface area contributed by atoms with Gasteiger partial charge in [-0.3, -0.25) is 4.79 Å². The molecule has 0 heterocycles. The van der Waals surface area contributed by atoms with E-state index in [1.165, 1.54) is 0 Å². The minimum Gasteiger partial charge on any atom is -0.480 e. The van der Waals surface area contributed by atoms with Crippen molar-refractivity contribution in [2.45, 2.75) is 25.8 Å². The monoisotopic (exact) mass is 177 g/mol. The average molecular weight is 177 g/mol. The van der Waals surface area contributed by atoms with Gasteiger partial charge in [0.1, 0.15) is 6.04 Å². The number of nitrogens with two attached hydrogens (primary N) is 1. The maximum absolute atomic E-state index is 10.2. The minimum absolute atomic E-state index is 0.586. The van der Waals surface area contributed by atoms with E-state index >= 15 is 0 Å². The van der Waals surface area contributed by atoms with Crippen LogP contribution in [0, 0.1) is 0 Å². The van der Waals surface area contributed by atoms with Crippen LogP contribution < -0.4 is 5.73 Å². The molecule has 0 rings (SSSR count). The van der Waals surface area contributed by atoms with Gasteiger partial charge in [0.2, 0.25) is 0 Å². The van der Waals surface area contributed by atoms with Crippen molar-refractivity contribution in [1.29, 1.82) is 0 Å². The van der Waals surface area contributed by atoms with Gasteiger partial charge in [0, 0.05) is 0 Å². The molecule has 0 aromatic carbocycles. The minimum atomic E-state index is -0.897. The molecule has 0 radical (unpaired) electrons. The normalized spacial score (nSPS) is 12.9. The van der Waals surface area contributed by atoms with Crippen molar-refractivity contribution < 1.29 is 9.90 Å². The summed E-state index contributed by atoms with van der Waals surface area (Å²) in [5, 5.41) is 8.41. The predicted molar refractivity (Wildman–Crippen MR) is 47.8 cm³/mol. The molecule has 0 aliphatic rings.